The summed E-state index contributed by atoms with van der Waals surface area (Å²) in [5.74, 6) is 0.0643. The maximum Gasteiger partial charge on any atom is 0.275 e. The summed E-state index contributed by atoms with van der Waals surface area (Å²) in [6, 6.07) is 11.6. The number of piperazine rings is 1. The van der Waals surface area contributed by atoms with E-state index in [1.54, 1.807) is 4.57 Å². The summed E-state index contributed by atoms with van der Waals surface area (Å²) in [6.07, 6.45) is 3.97. The lowest BCUT2D eigenvalue weighted by atomic mass is 10.2. The molecule has 0 bridgehead atoms. The molecule has 1 N–H and O–H groups in total. The zero-order valence-electron chi connectivity index (χ0n) is 17.7. The van der Waals surface area contributed by atoms with Crippen LogP contribution in [-0.4, -0.2) is 71.0 Å². The van der Waals surface area contributed by atoms with E-state index in [1.807, 2.05) is 47.0 Å². The molecule has 7 heteroatoms. The van der Waals surface area contributed by atoms with Crippen molar-refractivity contribution < 1.29 is 4.79 Å². The Labute approximate surface area is 176 Å². The average molecular weight is 410 g/mol. The van der Waals surface area contributed by atoms with Gasteiger partial charge in [-0.25, -0.2) is 0 Å². The lowest BCUT2D eigenvalue weighted by Crippen LogP contribution is -2.45. The molecule has 3 aromatic rings. The van der Waals surface area contributed by atoms with Gasteiger partial charge in [0.1, 0.15) is 5.52 Å². The monoisotopic (exact) mass is 409 g/mol. The number of hydrogen-bond donors (Lipinski definition) is 1. The van der Waals surface area contributed by atoms with Crippen LogP contribution in [0.5, 0.6) is 0 Å². The first-order valence-corrected chi connectivity index (χ1v) is 10.9. The van der Waals surface area contributed by atoms with Gasteiger partial charge in [-0.1, -0.05) is 12.1 Å². The second kappa shape index (κ2) is 9.45. The van der Waals surface area contributed by atoms with Crippen molar-refractivity contribution in [3.05, 3.63) is 52.9 Å². The van der Waals surface area contributed by atoms with Crippen LogP contribution in [0.1, 0.15) is 19.3 Å². The summed E-state index contributed by atoms with van der Waals surface area (Å²) < 4.78 is 3.73. The molecule has 0 unspecified atom stereocenters. The van der Waals surface area contributed by atoms with Crippen molar-refractivity contribution in [2.45, 2.75) is 25.8 Å². The van der Waals surface area contributed by atoms with Gasteiger partial charge in [0, 0.05) is 51.9 Å². The first-order chi connectivity index (χ1) is 14.6. The van der Waals surface area contributed by atoms with Gasteiger partial charge in [-0.15, -0.1) is 0 Å². The van der Waals surface area contributed by atoms with E-state index in [4.69, 9.17) is 0 Å². The number of aromatic nitrogens is 2. The molecule has 0 aliphatic carbocycles. The van der Waals surface area contributed by atoms with Crippen molar-refractivity contribution in [3.8, 4) is 0 Å². The number of para-hydroxylation sites is 2. The highest BCUT2D eigenvalue weighted by molar-refractivity contribution is 5.79. The van der Waals surface area contributed by atoms with Gasteiger partial charge in [-0.2, -0.15) is 0 Å². The molecule has 7 nitrogen and oxygen atoms in total. The van der Waals surface area contributed by atoms with Crippen LogP contribution in [0.2, 0.25) is 0 Å². The Morgan fingerprint density at radius 2 is 1.67 bits per heavy atom. The number of aryl methyl sites for hydroxylation is 1. The topological polar surface area (TPSA) is 62.0 Å². The summed E-state index contributed by atoms with van der Waals surface area (Å²) in [4.78, 5) is 29.9. The minimum atomic E-state index is -0.00807. The largest absolute Gasteiger partial charge is 0.356 e. The van der Waals surface area contributed by atoms with Crippen molar-refractivity contribution in [2.75, 3.05) is 46.3 Å². The summed E-state index contributed by atoms with van der Waals surface area (Å²) in [5, 5.41) is 3.03. The molecule has 4 rings (SSSR count). The normalized spacial score (nSPS) is 15.8. The van der Waals surface area contributed by atoms with Crippen molar-refractivity contribution in [1.29, 1.82) is 0 Å². The number of likely N-dealkylation sites (N-methyl/N-ethyl adjacent to an activating group) is 1. The van der Waals surface area contributed by atoms with Crippen molar-refractivity contribution in [3.63, 3.8) is 0 Å². The standard InChI is InChI=1S/C23H31N5O2/c1-25-15-17-26(18-16-25)12-6-11-24-22(29)10-5-14-28-20-8-3-2-7-19(20)27-13-4-9-21(27)23(28)30/h2-4,7-9,13H,5-6,10-12,14-18H2,1H3,(H,24,29). The number of rotatable bonds is 8. The smallest absolute Gasteiger partial charge is 0.275 e. The van der Waals surface area contributed by atoms with E-state index < -0.39 is 0 Å². The quantitative estimate of drug-likeness (QED) is 0.576. The predicted molar refractivity (Wildman–Crippen MR) is 120 cm³/mol. The third-order valence-corrected chi connectivity index (χ3v) is 6.00. The maximum absolute atomic E-state index is 12.9. The van der Waals surface area contributed by atoms with Gasteiger partial charge in [0.15, 0.2) is 0 Å². The molecule has 160 valence electrons. The molecular weight excluding hydrogens is 378 g/mol. The maximum atomic E-state index is 12.9. The third-order valence-electron chi connectivity index (χ3n) is 6.00. The van der Waals surface area contributed by atoms with Gasteiger partial charge in [0.2, 0.25) is 5.91 Å². The molecule has 1 aliphatic rings. The second-order valence-electron chi connectivity index (χ2n) is 8.16. The van der Waals surface area contributed by atoms with Crippen LogP contribution in [0.25, 0.3) is 16.6 Å². The van der Waals surface area contributed by atoms with Crippen LogP contribution in [0.15, 0.2) is 47.4 Å². The van der Waals surface area contributed by atoms with E-state index in [9.17, 15) is 9.59 Å². The molecule has 30 heavy (non-hydrogen) atoms. The number of carbonyl (C=O) groups is 1. The van der Waals surface area contributed by atoms with E-state index >= 15 is 0 Å². The Hall–Kier alpha value is -2.64. The fourth-order valence-electron chi connectivity index (χ4n) is 4.22. The Balaban J connectivity index is 1.27. The second-order valence-corrected chi connectivity index (χ2v) is 8.16. The predicted octanol–water partition coefficient (Wildman–Crippen LogP) is 1.79. The summed E-state index contributed by atoms with van der Waals surface area (Å²) in [5.41, 5.74) is 2.57. The van der Waals surface area contributed by atoms with Gasteiger partial charge in [-0.05, 0) is 50.7 Å². The van der Waals surface area contributed by atoms with E-state index in [2.05, 4.69) is 22.2 Å². The Morgan fingerprint density at radius 3 is 2.47 bits per heavy atom. The molecule has 1 saturated heterocycles. The number of hydrogen-bond acceptors (Lipinski definition) is 4. The molecule has 0 radical (unpaired) electrons. The molecule has 1 fully saturated rings. The Bertz CT molecular complexity index is 1060. The van der Waals surface area contributed by atoms with Crippen LogP contribution in [0.3, 0.4) is 0 Å². The number of nitrogens with one attached hydrogen (secondary N) is 1. The molecule has 3 heterocycles. The summed E-state index contributed by atoms with van der Waals surface area (Å²) in [7, 11) is 2.16. The lowest BCUT2D eigenvalue weighted by molar-refractivity contribution is -0.121. The van der Waals surface area contributed by atoms with Gasteiger partial charge in [0.05, 0.1) is 11.0 Å². The van der Waals surface area contributed by atoms with Crippen molar-refractivity contribution in [2.24, 2.45) is 0 Å². The molecule has 2 aromatic heterocycles. The van der Waals surface area contributed by atoms with E-state index in [0.717, 1.165) is 50.2 Å². The zero-order valence-corrected chi connectivity index (χ0v) is 17.7. The zero-order chi connectivity index (χ0) is 20.9. The minimum absolute atomic E-state index is 0.00807. The average Bonchev–Trinajstić information content (AvgIpc) is 3.25. The molecule has 1 amide bonds. The highest BCUT2D eigenvalue weighted by Crippen LogP contribution is 2.15. The summed E-state index contributed by atoms with van der Waals surface area (Å²) in [6.45, 7) is 6.75. The minimum Gasteiger partial charge on any atom is -0.356 e. The first-order valence-electron chi connectivity index (χ1n) is 10.9. The Kier molecular flexibility index (Phi) is 6.50. The molecule has 1 aliphatic heterocycles. The molecular formula is C23H31N5O2. The lowest BCUT2D eigenvalue weighted by Gasteiger charge is -2.32. The highest BCUT2D eigenvalue weighted by Gasteiger charge is 2.13. The number of amides is 1. The van der Waals surface area contributed by atoms with Crippen LogP contribution < -0.4 is 10.9 Å². The number of fused-ring (bicyclic) bond motifs is 3. The number of benzene rings is 1. The first kappa shape index (κ1) is 20.6. The van der Waals surface area contributed by atoms with E-state index in [0.29, 0.717) is 31.4 Å². The van der Waals surface area contributed by atoms with Gasteiger partial charge < -0.3 is 24.1 Å². The SMILES string of the molecule is CN1CCN(CCCNC(=O)CCCn2c(=O)c3cccn3c3ccccc32)CC1. The van der Waals surface area contributed by atoms with Gasteiger partial charge >= 0.3 is 0 Å². The molecule has 0 spiro atoms. The highest BCUT2D eigenvalue weighted by atomic mass is 16.1. The van der Waals surface area contributed by atoms with Crippen LogP contribution in [-0.2, 0) is 11.3 Å². The van der Waals surface area contributed by atoms with E-state index in [1.165, 1.54) is 0 Å². The van der Waals surface area contributed by atoms with Crippen molar-refractivity contribution in [1.82, 2.24) is 24.1 Å². The number of carbonyl (C=O) groups excluding carboxylic acids is 1. The number of nitrogens with zero attached hydrogens (tertiary/aromatic N) is 4. The van der Waals surface area contributed by atoms with Crippen molar-refractivity contribution >= 4 is 22.5 Å². The fourth-order valence-corrected chi connectivity index (χ4v) is 4.22. The molecule has 1 aromatic carbocycles. The van der Waals surface area contributed by atoms with E-state index in [-0.39, 0.29) is 11.5 Å². The van der Waals surface area contributed by atoms with Crippen LogP contribution in [0, 0.1) is 0 Å². The van der Waals surface area contributed by atoms with Gasteiger partial charge in [-0.3, -0.25) is 9.59 Å². The summed E-state index contributed by atoms with van der Waals surface area (Å²) >= 11 is 0. The third kappa shape index (κ3) is 4.57. The van der Waals surface area contributed by atoms with Crippen LogP contribution >= 0.6 is 0 Å². The molecule has 0 saturated carbocycles. The van der Waals surface area contributed by atoms with Crippen LogP contribution in [0.4, 0.5) is 0 Å². The fraction of sp³-hybridized carbons (Fsp3) is 0.478. The van der Waals surface area contributed by atoms with Gasteiger partial charge in [0.25, 0.3) is 5.56 Å². The Morgan fingerprint density at radius 1 is 0.933 bits per heavy atom. The molecule has 0 atom stereocenters.